The lowest BCUT2D eigenvalue weighted by Crippen LogP contribution is -2.29. The van der Waals surface area contributed by atoms with E-state index in [1.54, 1.807) is 6.92 Å². The van der Waals surface area contributed by atoms with Crippen molar-refractivity contribution >= 4 is 27.3 Å². The maximum Gasteiger partial charge on any atom is 0.275 e. The second-order valence-corrected chi connectivity index (χ2v) is 6.95. The summed E-state index contributed by atoms with van der Waals surface area (Å²) in [7, 11) is -3.89. The van der Waals surface area contributed by atoms with Crippen molar-refractivity contribution in [2.45, 2.75) is 25.2 Å². The highest BCUT2D eigenvalue weighted by molar-refractivity contribution is 7.89. The molecule has 0 aromatic heterocycles. The molecule has 1 rings (SSSR count). The summed E-state index contributed by atoms with van der Waals surface area (Å²) >= 11 is 5.85. The number of rotatable bonds is 7. The molecule has 2 N–H and O–H groups in total. The predicted molar refractivity (Wildman–Crippen MR) is 78.9 cm³/mol. The summed E-state index contributed by atoms with van der Waals surface area (Å²) in [5.74, 6) is -0.0549. The van der Waals surface area contributed by atoms with Crippen molar-refractivity contribution in [2.24, 2.45) is 5.92 Å². The second-order valence-electron chi connectivity index (χ2n) is 4.78. The fourth-order valence-electron chi connectivity index (χ4n) is 1.64. The Morgan fingerprint density at radius 1 is 1.48 bits per heavy atom. The molecule has 0 amide bonds. The van der Waals surface area contributed by atoms with Gasteiger partial charge in [-0.25, -0.2) is 13.1 Å². The first-order valence-corrected chi connectivity index (χ1v) is 8.10. The fraction of sp³-hybridized carbons (Fsp3) is 0.500. The topological polar surface area (TPSA) is 110 Å². The first kappa shape index (κ1) is 17.8. The van der Waals surface area contributed by atoms with E-state index >= 15 is 0 Å². The Labute approximate surface area is 128 Å². The van der Waals surface area contributed by atoms with Gasteiger partial charge in [0.25, 0.3) is 5.69 Å². The molecule has 0 radical (unpaired) electrons. The number of nitro benzene ring substituents is 1. The van der Waals surface area contributed by atoms with E-state index in [0.29, 0.717) is 6.42 Å². The molecule has 0 aliphatic carbocycles. The highest BCUT2D eigenvalue weighted by atomic mass is 35.5. The third kappa shape index (κ3) is 4.63. The maximum atomic E-state index is 12.1. The van der Waals surface area contributed by atoms with Gasteiger partial charge in [0.2, 0.25) is 10.0 Å². The monoisotopic (exact) mass is 336 g/mol. The van der Waals surface area contributed by atoms with E-state index in [0.717, 1.165) is 6.07 Å². The number of nitro groups is 1. The second kappa shape index (κ2) is 7.17. The van der Waals surface area contributed by atoms with E-state index < -0.39 is 14.9 Å². The number of nitrogens with one attached hydrogen (secondary N) is 1. The summed E-state index contributed by atoms with van der Waals surface area (Å²) in [6, 6.07) is 2.17. The number of aliphatic hydroxyl groups excluding tert-OH is 1. The van der Waals surface area contributed by atoms with E-state index in [9.17, 15) is 18.5 Å². The Morgan fingerprint density at radius 2 is 2.10 bits per heavy atom. The molecular weight excluding hydrogens is 320 g/mol. The summed E-state index contributed by atoms with van der Waals surface area (Å²) in [5, 5.41) is 19.7. The Bertz CT molecular complexity index is 633. The van der Waals surface area contributed by atoms with Crippen LogP contribution in [0.3, 0.4) is 0 Å². The van der Waals surface area contributed by atoms with Gasteiger partial charge in [-0.1, -0.05) is 18.5 Å². The van der Waals surface area contributed by atoms with Gasteiger partial charge in [0.05, 0.1) is 14.8 Å². The molecule has 21 heavy (non-hydrogen) atoms. The van der Waals surface area contributed by atoms with Crippen molar-refractivity contribution in [3.8, 4) is 0 Å². The van der Waals surface area contributed by atoms with E-state index in [1.165, 1.54) is 13.0 Å². The van der Waals surface area contributed by atoms with Gasteiger partial charge in [0, 0.05) is 24.8 Å². The van der Waals surface area contributed by atoms with Crippen LogP contribution in [0.25, 0.3) is 0 Å². The Hall–Kier alpha value is -1.22. The summed E-state index contributed by atoms with van der Waals surface area (Å²) in [4.78, 5) is 9.99. The smallest absolute Gasteiger partial charge is 0.275 e. The van der Waals surface area contributed by atoms with Crippen LogP contribution in [0, 0.1) is 23.0 Å². The van der Waals surface area contributed by atoms with Gasteiger partial charge in [0.1, 0.15) is 0 Å². The average molecular weight is 337 g/mol. The van der Waals surface area contributed by atoms with Crippen molar-refractivity contribution in [1.82, 2.24) is 4.72 Å². The largest absolute Gasteiger partial charge is 0.396 e. The molecule has 9 heteroatoms. The molecule has 1 atom stereocenters. The maximum absolute atomic E-state index is 12.1. The number of sulfonamides is 1. The number of halogens is 1. The summed E-state index contributed by atoms with van der Waals surface area (Å²) < 4.78 is 26.6. The lowest BCUT2D eigenvalue weighted by atomic mass is 10.1. The van der Waals surface area contributed by atoms with Crippen molar-refractivity contribution in [2.75, 3.05) is 13.2 Å². The molecular formula is C12H17ClN2O5S. The zero-order chi connectivity index (χ0) is 16.2. The van der Waals surface area contributed by atoms with Crippen LogP contribution in [-0.2, 0) is 10.0 Å². The van der Waals surface area contributed by atoms with Crippen molar-refractivity contribution < 1.29 is 18.4 Å². The van der Waals surface area contributed by atoms with Crippen molar-refractivity contribution in [3.63, 3.8) is 0 Å². The van der Waals surface area contributed by atoms with Crippen LogP contribution in [0.4, 0.5) is 5.69 Å². The molecule has 0 saturated carbocycles. The molecule has 1 unspecified atom stereocenters. The van der Waals surface area contributed by atoms with Gasteiger partial charge < -0.3 is 5.11 Å². The predicted octanol–water partition coefficient (Wildman–Crippen LogP) is 1.85. The number of nitrogens with zero attached hydrogens (tertiary/aromatic N) is 1. The molecule has 0 fully saturated rings. The molecule has 7 nitrogen and oxygen atoms in total. The number of hydrogen-bond acceptors (Lipinski definition) is 5. The summed E-state index contributed by atoms with van der Waals surface area (Å²) in [5.41, 5.74) is -0.124. The average Bonchev–Trinajstić information content (AvgIpc) is 2.39. The minimum atomic E-state index is -3.89. The highest BCUT2D eigenvalue weighted by Gasteiger charge is 2.22. The Kier molecular flexibility index (Phi) is 6.09. The summed E-state index contributed by atoms with van der Waals surface area (Å²) in [6.07, 6.45) is 0.456. The zero-order valence-electron chi connectivity index (χ0n) is 11.7. The molecule has 118 valence electrons. The Balaban J connectivity index is 3.06. The van der Waals surface area contributed by atoms with Gasteiger partial charge in [-0.2, -0.15) is 0 Å². The number of aliphatic hydroxyl groups is 1. The van der Waals surface area contributed by atoms with Crippen LogP contribution in [-0.4, -0.2) is 31.6 Å². The van der Waals surface area contributed by atoms with Gasteiger partial charge in [-0.15, -0.1) is 0 Å². The first-order valence-electron chi connectivity index (χ1n) is 6.24. The third-order valence-electron chi connectivity index (χ3n) is 3.04. The first-order chi connectivity index (χ1) is 9.69. The zero-order valence-corrected chi connectivity index (χ0v) is 13.2. The van der Waals surface area contributed by atoms with Crippen LogP contribution >= 0.6 is 11.6 Å². The van der Waals surface area contributed by atoms with E-state index in [-0.39, 0.29) is 40.2 Å². The van der Waals surface area contributed by atoms with Crippen molar-refractivity contribution in [1.29, 1.82) is 0 Å². The van der Waals surface area contributed by atoms with E-state index in [1.807, 2.05) is 0 Å². The van der Waals surface area contributed by atoms with E-state index in [4.69, 9.17) is 16.7 Å². The van der Waals surface area contributed by atoms with Crippen LogP contribution < -0.4 is 4.72 Å². The molecule has 0 heterocycles. The molecule has 0 bridgehead atoms. The van der Waals surface area contributed by atoms with E-state index in [2.05, 4.69) is 4.72 Å². The number of benzene rings is 1. The fourth-order valence-corrected chi connectivity index (χ4v) is 3.13. The standard InChI is InChI=1S/C12H17ClN2O5S/c1-8(3-4-16)7-14-21(19,20)10-5-11(13)9(2)12(6-10)15(17)18/h5-6,8,14,16H,3-4,7H2,1-2H3. The lowest BCUT2D eigenvalue weighted by molar-refractivity contribution is -0.385. The molecule has 0 aliphatic rings. The third-order valence-corrected chi connectivity index (χ3v) is 4.84. The number of hydrogen-bond donors (Lipinski definition) is 2. The molecule has 1 aromatic carbocycles. The van der Waals surface area contributed by atoms with Crippen LogP contribution in [0.1, 0.15) is 18.9 Å². The van der Waals surface area contributed by atoms with Gasteiger partial charge in [-0.05, 0) is 25.3 Å². The molecule has 0 saturated heterocycles. The highest BCUT2D eigenvalue weighted by Crippen LogP contribution is 2.29. The van der Waals surface area contributed by atoms with Crippen molar-refractivity contribution in [3.05, 3.63) is 32.8 Å². The SMILES string of the molecule is Cc1c(Cl)cc(S(=O)(=O)NCC(C)CCO)cc1[N+](=O)[O-]. The minimum Gasteiger partial charge on any atom is -0.396 e. The van der Waals surface area contributed by atoms with Gasteiger partial charge in [-0.3, -0.25) is 10.1 Å². The molecule has 0 spiro atoms. The minimum absolute atomic E-state index is 0.0213. The quantitative estimate of drug-likeness (QED) is 0.583. The summed E-state index contributed by atoms with van der Waals surface area (Å²) in [6.45, 7) is 3.32. The van der Waals surface area contributed by atoms with Crippen LogP contribution in [0.15, 0.2) is 17.0 Å². The Morgan fingerprint density at radius 3 is 2.62 bits per heavy atom. The van der Waals surface area contributed by atoms with Gasteiger partial charge in [0.15, 0.2) is 0 Å². The molecule has 1 aromatic rings. The molecule has 0 aliphatic heterocycles. The van der Waals surface area contributed by atoms with Crippen LogP contribution in [0.2, 0.25) is 5.02 Å². The van der Waals surface area contributed by atoms with Crippen LogP contribution in [0.5, 0.6) is 0 Å². The van der Waals surface area contributed by atoms with Gasteiger partial charge >= 0.3 is 0 Å². The normalized spacial score (nSPS) is 13.1. The lowest BCUT2D eigenvalue weighted by Gasteiger charge is -2.12.